The number of carbonyl (C=O) groups excluding carboxylic acids is 2. The summed E-state index contributed by atoms with van der Waals surface area (Å²) in [7, 11) is 0. The van der Waals surface area contributed by atoms with Crippen molar-refractivity contribution in [1.82, 2.24) is 5.32 Å². The number of esters is 1. The molecular weight excluding hydrogens is 707 g/mol. The van der Waals surface area contributed by atoms with E-state index in [0.29, 0.717) is 25.9 Å². The SMILES string of the molecule is CCCCC/C=C\CCCCCCCC(=O)OCCCCC/C=C\CCCCCCCC(=O)NC(CO)C(O)CCCCCCCCCCCCCCCCCC. The summed E-state index contributed by atoms with van der Waals surface area (Å²) in [5.41, 5.74) is 0. The first-order valence-electron chi connectivity index (χ1n) is 25.1. The highest BCUT2D eigenvalue weighted by Crippen LogP contribution is 2.16. The predicted octanol–water partition coefficient (Wildman–Crippen LogP) is 14.7. The number of hydrogen-bond donors (Lipinski definition) is 3. The lowest BCUT2D eigenvalue weighted by Gasteiger charge is -2.22. The van der Waals surface area contributed by atoms with Gasteiger partial charge in [0.15, 0.2) is 0 Å². The van der Waals surface area contributed by atoms with Crippen molar-refractivity contribution in [1.29, 1.82) is 0 Å². The van der Waals surface area contributed by atoms with Crippen molar-refractivity contribution in [2.24, 2.45) is 0 Å². The Hall–Kier alpha value is -1.66. The lowest BCUT2D eigenvalue weighted by Crippen LogP contribution is -2.45. The first-order chi connectivity index (χ1) is 28.0. The maximum absolute atomic E-state index is 12.4. The number of carbonyl (C=O) groups is 2. The molecule has 1 amide bonds. The molecule has 3 N–H and O–H groups in total. The Bertz CT molecular complexity index is 889. The van der Waals surface area contributed by atoms with Crippen molar-refractivity contribution >= 4 is 11.9 Å². The van der Waals surface area contributed by atoms with Gasteiger partial charge >= 0.3 is 5.97 Å². The van der Waals surface area contributed by atoms with Gasteiger partial charge in [0.2, 0.25) is 5.91 Å². The third-order valence-corrected chi connectivity index (χ3v) is 11.5. The lowest BCUT2D eigenvalue weighted by atomic mass is 10.0. The van der Waals surface area contributed by atoms with Crippen LogP contribution in [-0.2, 0) is 14.3 Å². The number of aliphatic hydroxyl groups is 2. The van der Waals surface area contributed by atoms with Crippen molar-refractivity contribution in [3.63, 3.8) is 0 Å². The van der Waals surface area contributed by atoms with E-state index >= 15 is 0 Å². The van der Waals surface area contributed by atoms with Crippen LogP contribution in [-0.4, -0.2) is 47.4 Å². The Morgan fingerprint density at radius 3 is 1.28 bits per heavy atom. The number of rotatable bonds is 46. The van der Waals surface area contributed by atoms with Crippen LogP contribution in [0.4, 0.5) is 0 Å². The van der Waals surface area contributed by atoms with E-state index in [9.17, 15) is 19.8 Å². The third-order valence-electron chi connectivity index (χ3n) is 11.5. The molecule has 0 bridgehead atoms. The van der Waals surface area contributed by atoms with Gasteiger partial charge < -0.3 is 20.3 Å². The van der Waals surface area contributed by atoms with Crippen LogP contribution in [0.1, 0.15) is 264 Å². The summed E-state index contributed by atoms with van der Waals surface area (Å²) in [5.74, 6) is -0.0938. The van der Waals surface area contributed by atoms with Crippen molar-refractivity contribution in [2.45, 2.75) is 276 Å². The average molecular weight is 804 g/mol. The van der Waals surface area contributed by atoms with E-state index in [-0.39, 0.29) is 18.5 Å². The molecule has 2 atom stereocenters. The molecule has 0 heterocycles. The number of unbranched alkanes of at least 4 members (excludes halogenated alkanes) is 31. The van der Waals surface area contributed by atoms with Crippen LogP contribution in [0.3, 0.4) is 0 Å². The summed E-state index contributed by atoms with van der Waals surface area (Å²) >= 11 is 0. The Morgan fingerprint density at radius 1 is 0.474 bits per heavy atom. The highest BCUT2D eigenvalue weighted by Gasteiger charge is 2.20. The summed E-state index contributed by atoms with van der Waals surface area (Å²) in [6.45, 7) is 4.86. The van der Waals surface area contributed by atoms with Crippen LogP contribution in [0.15, 0.2) is 24.3 Å². The van der Waals surface area contributed by atoms with Gasteiger partial charge in [-0.05, 0) is 83.5 Å². The van der Waals surface area contributed by atoms with Gasteiger partial charge in [-0.1, -0.05) is 192 Å². The van der Waals surface area contributed by atoms with E-state index in [1.54, 1.807) is 0 Å². The predicted molar refractivity (Wildman–Crippen MR) is 246 cm³/mol. The second-order valence-electron chi connectivity index (χ2n) is 17.1. The number of allylic oxidation sites excluding steroid dienone is 4. The fraction of sp³-hybridized carbons (Fsp3) is 0.882. The van der Waals surface area contributed by atoms with E-state index < -0.39 is 12.1 Å². The van der Waals surface area contributed by atoms with E-state index in [4.69, 9.17) is 4.74 Å². The fourth-order valence-corrected chi connectivity index (χ4v) is 7.57. The molecule has 0 radical (unpaired) electrons. The molecule has 0 aromatic heterocycles. The zero-order valence-electron chi connectivity index (χ0n) is 38.1. The second kappa shape index (κ2) is 47.0. The van der Waals surface area contributed by atoms with Gasteiger partial charge in [0, 0.05) is 12.8 Å². The van der Waals surface area contributed by atoms with Gasteiger partial charge in [-0.25, -0.2) is 0 Å². The number of hydrogen-bond acceptors (Lipinski definition) is 5. The Kier molecular flexibility index (Phi) is 45.7. The van der Waals surface area contributed by atoms with Gasteiger partial charge in [-0.15, -0.1) is 0 Å². The Balaban J connectivity index is 3.52. The summed E-state index contributed by atoms with van der Waals surface area (Å²) in [5, 5.41) is 23.2. The molecule has 0 aromatic rings. The quantitative estimate of drug-likeness (QED) is 0.0324. The highest BCUT2D eigenvalue weighted by atomic mass is 16.5. The molecule has 0 spiro atoms. The summed E-state index contributed by atoms with van der Waals surface area (Å²) in [6.07, 6.45) is 54.3. The fourth-order valence-electron chi connectivity index (χ4n) is 7.57. The zero-order valence-corrected chi connectivity index (χ0v) is 38.1. The number of aliphatic hydroxyl groups excluding tert-OH is 2. The molecular formula is C51H97NO5. The van der Waals surface area contributed by atoms with Crippen molar-refractivity contribution in [3.8, 4) is 0 Å². The minimum absolute atomic E-state index is 0.0330. The standard InChI is InChI=1S/C51H97NO5/c1-3-5-7-9-11-13-15-17-18-19-20-23-27-31-35-39-43-49(54)48(47-53)52-50(55)44-40-36-32-28-24-21-22-26-30-34-38-42-46-57-51(56)45-41-37-33-29-25-16-14-12-10-8-6-4-2/h12,14,22,26,48-49,53-54H,3-11,13,15-21,23-25,27-47H2,1-2H3,(H,52,55)/b14-12-,26-22-. The summed E-state index contributed by atoms with van der Waals surface area (Å²) in [4.78, 5) is 24.4. The van der Waals surface area contributed by atoms with Gasteiger partial charge in [-0.3, -0.25) is 9.59 Å². The van der Waals surface area contributed by atoms with Gasteiger partial charge in [0.05, 0.1) is 25.4 Å². The van der Waals surface area contributed by atoms with Crippen LogP contribution in [0.25, 0.3) is 0 Å². The van der Waals surface area contributed by atoms with Crippen LogP contribution in [0, 0.1) is 0 Å². The molecule has 336 valence electrons. The van der Waals surface area contributed by atoms with Crippen molar-refractivity contribution in [2.75, 3.05) is 13.2 Å². The molecule has 0 rings (SSSR count). The first-order valence-corrected chi connectivity index (χ1v) is 25.1. The number of amides is 1. The van der Waals surface area contributed by atoms with Gasteiger partial charge in [0.1, 0.15) is 0 Å². The minimum Gasteiger partial charge on any atom is -0.466 e. The molecule has 0 aliphatic rings. The molecule has 0 aliphatic carbocycles. The average Bonchev–Trinajstić information content (AvgIpc) is 3.21. The third kappa shape index (κ3) is 43.7. The molecule has 0 aliphatic heterocycles. The zero-order chi connectivity index (χ0) is 41.5. The van der Waals surface area contributed by atoms with Crippen LogP contribution >= 0.6 is 0 Å². The summed E-state index contributed by atoms with van der Waals surface area (Å²) in [6, 6.07) is -0.560. The topological polar surface area (TPSA) is 95.9 Å². The molecule has 6 nitrogen and oxygen atoms in total. The lowest BCUT2D eigenvalue weighted by molar-refractivity contribution is -0.143. The Labute approximate surface area is 354 Å². The molecule has 6 heteroatoms. The molecule has 2 unspecified atom stereocenters. The van der Waals surface area contributed by atoms with Crippen LogP contribution in [0.2, 0.25) is 0 Å². The largest absolute Gasteiger partial charge is 0.466 e. The second-order valence-corrected chi connectivity index (χ2v) is 17.1. The number of nitrogens with one attached hydrogen (secondary N) is 1. The molecule has 0 aromatic carbocycles. The van der Waals surface area contributed by atoms with Crippen molar-refractivity contribution < 1.29 is 24.5 Å². The Morgan fingerprint density at radius 2 is 0.825 bits per heavy atom. The minimum atomic E-state index is -0.680. The van der Waals surface area contributed by atoms with Crippen LogP contribution < -0.4 is 5.32 Å². The van der Waals surface area contributed by atoms with E-state index in [0.717, 1.165) is 77.0 Å². The van der Waals surface area contributed by atoms with E-state index in [1.165, 1.54) is 154 Å². The first kappa shape index (κ1) is 55.3. The monoisotopic (exact) mass is 804 g/mol. The summed E-state index contributed by atoms with van der Waals surface area (Å²) < 4.78 is 5.42. The van der Waals surface area contributed by atoms with Gasteiger partial charge in [-0.2, -0.15) is 0 Å². The molecule has 57 heavy (non-hydrogen) atoms. The molecule has 0 saturated carbocycles. The maximum atomic E-state index is 12.4. The molecule has 0 fully saturated rings. The number of ether oxygens (including phenoxy) is 1. The maximum Gasteiger partial charge on any atom is 0.305 e. The van der Waals surface area contributed by atoms with E-state index in [1.807, 2.05) is 0 Å². The van der Waals surface area contributed by atoms with Crippen LogP contribution in [0.5, 0.6) is 0 Å². The van der Waals surface area contributed by atoms with Crippen molar-refractivity contribution in [3.05, 3.63) is 24.3 Å². The molecule has 0 saturated heterocycles. The van der Waals surface area contributed by atoms with E-state index in [2.05, 4.69) is 43.5 Å². The highest BCUT2D eigenvalue weighted by molar-refractivity contribution is 5.76. The van der Waals surface area contributed by atoms with Gasteiger partial charge in [0.25, 0.3) is 0 Å². The normalized spacial score (nSPS) is 12.8. The smallest absolute Gasteiger partial charge is 0.305 e.